The van der Waals surface area contributed by atoms with Crippen LogP contribution in [0.3, 0.4) is 0 Å². The molecule has 0 spiro atoms. The Morgan fingerprint density at radius 3 is 2.92 bits per heavy atom. The van der Waals surface area contributed by atoms with Crippen molar-refractivity contribution in [2.24, 2.45) is 0 Å². The van der Waals surface area contributed by atoms with Gasteiger partial charge >= 0.3 is 5.97 Å². The molecule has 26 heavy (non-hydrogen) atoms. The number of aromatic nitrogens is 1. The molecular formula is C20H16N2O4. The van der Waals surface area contributed by atoms with Crippen LogP contribution in [0.15, 0.2) is 36.5 Å². The molecule has 6 heteroatoms. The molecule has 2 heterocycles. The Balaban J connectivity index is 1.87. The highest BCUT2D eigenvalue weighted by Crippen LogP contribution is 2.34. The summed E-state index contributed by atoms with van der Waals surface area (Å²) in [7, 11) is 0. The van der Waals surface area contributed by atoms with Gasteiger partial charge in [-0.2, -0.15) is 5.26 Å². The van der Waals surface area contributed by atoms with Crippen LogP contribution < -0.4 is 0 Å². The lowest BCUT2D eigenvalue weighted by atomic mass is 10.0. The molecule has 0 radical (unpaired) electrons. The zero-order valence-electron chi connectivity index (χ0n) is 14.2. The summed E-state index contributed by atoms with van der Waals surface area (Å²) in [5.74, 6) is -0.729. The van der Waals surface area contributed by atoms with E-state index in [-0.39, 0.29) is 17.9 Å². The number of hydrogen-bond donors (Lipinski definition) is 1. The van der Waals surface area contributed by atoms with E-state index < -0.39 is 5.97 Å². The molecule has 1 aliphatic rings. The first-order chi connectivity index (χ1) is 12.6. The smallest absolute Gasteiger partial charge is 0.341 e. The second-order valence-corrected chi connectivity index (χ2v) is 6.04. The van der Waals surface area contributed by atoms with Gasteiger partial charge in [0.25, 0.3) is 0 Å². The fraction of sp³-hybridized carbons (Fsp3) is 0.200. The van der Waals surface area contributed by atoms with Gasteiger partial charge in [0.1, 0.15) is 17.4 Å². The molecule has 0 fully saturated rings. The molecule has 1 aromatic heterocycles. The highest BCUT2D eigenvalue weighted by molar-refractivity contribution is 5.94. The van der Waals surface area contributed by atoms with Crippen LogP contribution in [0.25, 0.3) is 16.6 Å². The topological polar surface area (TPSA) is 84.5 Å². The SMILES string of the molecule is CCOC(=O)c1ccc(-n2cc(C#N)c3c4c(ccc32)COC4)cc1O. The van der Waals surface area contributed by atoms with Gasteiger partial charge in [-0.05, 0) is 36.2 Å². The first kappa shape index (κ1) is 16.2. The van der Waals surface area contributed by atoms with Crippen molar-refractivity contribution in [3.8, 4) is 17.5 Å². The fourth-order valence-corrected chi connectivity index (χ4v) is 3.36. The Morgan fingerprint density at radius 2 is 2.19 bits per heavy atom. The second-order valence-electron chi connectivity index (χ2n) is 6.04. The van der Waals surface area contributed by atoms with E-state index in [9.17, 15) is 15.2 Å². The maximum absolute atomic E-state index is 11.9. The molecule has 0 atom stereocenters. The fourth-order valence-electron chi connectivity index (χ4n) is 3.36. The van der Waals surface area contributed by atoms with Crippen molar-refractivity contribution in [1.29, 1.82) is 5.26 Å². The summed E-state index contributed by atoms with van der Waals surface area (Å²) in [4.78, 5) is 11.9. The molecule has 1 N–H and O–H groups in total. The van der Waals surface area contributed by atoms with Gasteiger partial charge in [-0.15, -0.1) is 0 Å². The quantitative estimate of drug-likeness (QED) is 0.733. The van der Waals surface area contributed by atoms with Crippen molar-refractivity contribution in [2.45, 2.75) is 20.1 Å². The summed E-state index contributed by atoms with van der Waals surface area (Å²) < 4.78 is 12.3. The maximum atomic E-state index is 11.9. The summed E-state index contributed by atoms with van der Waals surface area (Å²) in [6.45, 7) is 2.98. The van der Waals surface area contributed by atoms with Gasteiger partial charge < -0.3 is 19.1 Å². The summed E-state index contributed by atoms with van der Waals surface area (Å²) in [5.41, 5.74) is 4.30. The number of benzene rings is 2. The third-order valence-corrected chi connectivity index (χ3v) is 4.55. The third-order valence-electron chi connectivity index (χ3n) is 4.55. The van der Waals surface area contributed by atoms with E-state index in [4.69, 9.17) is 9.47 Å². The Hall–Kier alpha value is -3.30. The van der Waals surface area contributed by atoms with Crippen LogP contribution >= 0.6 is 0 Å². The largest absolute Gasteiger partial charge is 0.507 e. The predicted octanol–water partition coefficient (Wildman–Crippen LogP) is 3.41. The minimum Gasteiger partial charge on any atom is -0.507 e. The van der Waals surface area contributed by atoms with Crippen LogP contribution in [0.4, 0.5) is 0 Å². The molecule has 0 saturated carbocycles. The first-order valence-corrected chi connectivity index (χ1v) is 8.28. The number of nitriles is 1. The third kappa shape index (κ3) is 2.41. The molecule has 0 bridgehead atoms. The van der Waals surface area contributed by atoms with E-state index in [2.05, 4.69) is 6.07 Å². The number of esters is 1. The highest BCUT2D eigenvalue weighted by Gasteiger charge is 2.21. The number of phenols is 1. The van der Waals surface area contributed by atoms with Gasteiger partial charge in [-0.3, -0.25) is 0 Å². The van der Waals surface area contributed by atoms with Gasteiger partial charge in [0.15, 0.2) is 0 Å². The summed E-state index contributed by atoms with van der Waals surface area (Å²) in [5, 5.41) is 20.7. The molecule has 0 amide bonds. The molecule has 1 aliphatic heterocycles. The minimum absolute atomic E-state index is 0.113. The van der Waals surface area contributed by atoms with Gasteiger partial charge in [0.2, 0.25) is 0 Å². The molecular weight excluding hydrogens is 332 g/mol. The maximum Gasteiger partial charge on any atom is 0.341 e. The van der Waals surface area contributed by atoms with Crippen molar-refractivity contribution in [2.75, 3.05) is 6.61 Å². The number of phenolic OH excluding ortho intramolecular Hbond substituents is 1. The number of carbonyl (C=O) groups is 1. The number of rotatable bonds is 3. The van der Waals surface area contributed by atoms with Crippen LogP contribution in [0.2, 0.25) is 0 Å². The van der Waals surface area contributed by atoms with E-state index in [0.717, 1.165) is 22.0 Å². The van der Waals surface area contributed by atoms with Crippen molar-refractivity contribution in [3.63, 3.8) is 0 Å². The highest BCUT2D eigenvalue weighted by atomic mass is 16.5. The minimum atomic E-state index is -0.568. The Labute approximate surface area is 149 Å². The van der Waals surface area contributed by atoms with E-state index in [1.165, 1.54) is 12.1 Å². The number of fused-ring (bicyclic) bond motifs is 3. The van der Waals surface area contributed by atoms with Crippen molar-refractivity contribution in [3.05, 3.63) is 58.8 Å². The lowest BCUT2D eigenvalue weighted by Crippen LogP contribution is -2.05. The molecule has 2 aromatic carbocycles. The standard InChI is InChI=1S/C20H16N2O4/c1-2-26-20(24)15-5-4-14(7-18(15)23)22-9-13(8-21)19-16-11-25-10-12(16)3-6-17(19)22/h3-7,9,23H,2,10-11H2,1H3. The van der Waals surface area contributed by atoms with Crippen molar-refractivity contribution < 1.29 is 19.4 Å². The molecule has 0 unspecified atom stereocenters. The van der Waals surface area contributed by atoms with Gasteiger partial charge in [0, 0.05) is 23.3 Å². The number of aromatic hydroxyl groups is 1. The second kappa shape index (κ2) is 6.21. The zero-order valence-corrected chi connectivity index (χ0v) is 14.2. The first-order valence-electron chi connectivity index (χ1n) is 8.28. The monoisotopic (exact) mass is 348 g/mol. The number of nitrogens with zero attached hydrogens (tertiary/aromatic N) is 2. The van der Waals surface area contributed by atoms with E-state index in [0.29, 0.717) is 24.5 Å². The lowest BCUT2D eigenvalue weighted by Gasteiger charge is -2.09. The Morgan fingerprint density at radius 1 is 1.35 bits per heavy atom. The van der Waals surface area contributed by atoms with Crippen molar-refractivity contribution >= 4 is 16.9 Å². The van der Waals surface area contributed by atoms with Gasteiger partial charge in [-0.1, -0.05) is 6.07 Å². The van der Waals surface area contributed by atoms with E-state index in [1.54, 1.807) is 19.2 Å². The van der Waals surface area contributed by atoms with Crippen LogP contribution in [0, 0.1) is 11.3 Å². The van der Waals surface area contributed by atoms with Gasteiger partial charge in [-0.25, -0.2) is 4.79 Å². The van der Waals surface area contributed by atoms with Crippen LogP contribution in [-0.2, 0) is 22.7 Å². The number of carbonyl (C=O) groups excluding carboxylic acids is 1. The van der Waals surface area contributed by atoms with Crippen LogP contribution in [0.5, 0.6) is 5.75 Å². The molecule has 4 rings (SSSR count). The van der Waals surface area contributed by atoms with E-state index >= 15 is 0 Å². The molecule has 0 saturated heterocycles. The molecule has 0 aliphatic carbocycles. The average molecular weight is 348 g/mol. The zero-order chi connectivity index (χ0) is 18.3. The van der Waals surface area contributed by atoms with Crippen LogP contribution in [0.1, 0.15) is 34.0 Å². The molecule has 130 valence electrons. The summed E-state index contributed by atoms with van der Waals surface area (Å²) >= 11 is 0. The van der Waals surface area contributed by atoms with Gasteiger partial charge in [0.05, 0.1) is 30.9 Å². The Kier molecular flexibility index (Phi) is 3.86. The number of ether oxygens (including phenoxy) is 2. The average Bonchev–Trinajstić information content (AvgIpc) is 3.25. The number of hydrogen-bond acceptors (Lipinski definition) is 5. The van der Waals surface area contributed by atoms with Crippen LogP contribution in [-0.4, -0.2) is 22.2 Å². The predicted molar refractivity (Wildman–Crippen MR) is 94.1 cm³/mol. The normalized spacial score (nSPS) is 12.8. The lowest BCUT2D eigenvalue weighted by molar-refractivity contribution is 0.0523. The summed E-state index contributed by atoms with van der Waals surface area (Å²) in [6, 6.07) is 10.9. The molecule has 3 aromatic rings. The molecule has 6 nitrogen and oxygen atoms in total. The van der Waals surface area contributed by atoms with Crippen molar-refractivity contribution in [1.82, 2.24) is 4.57 Å². The summed E-state index contributed by atoms with van der Waals surface area (Å²) in [6.07, 6.45) is 1.74. The van der Waals surface area contributed by atoms with E-state index in [1.807, 2.05) is 16.7 Å². The Bertz CT molecular complexity index is 1080.